The zero-order valence-corrected chi connectivity index (χ0v) is 7.54. The Bertz CT molecular complexity index is 342. The predicted octanol–water partition coefficient (Wildman–Crippen LogP) is 0.785. The third-order valence-corrected chi connectivity index (χ3v) is 1.87. The van der Waals surface area contributed by atoms with Crippen LogP contribution in [0.5, 0.6) is 0 Å². The van der Waals surface area contributed by atoms with Crippen LogP contribution in [-0.2, 0) is 17.8 Å². The summed E-state index contributed by atoms with van der Waals surface area (Å²) in [7, 11) is 0. The van der Waals surface area contributed by atoms with Crippen LogP contribution in [0.15, 0.2) is 24.3 Å². The van der Waals surface area contributed by atoms with E-state index in [-0.39, 0.29) is 0 Å². The summed E-state index contributed by atoms with van der Waals surface area (Å²) >= 11 is -1.99. The summed E-state index contributed by atoms with van der Waals surface area (Å²) < 4.78 is 21.0. The van der Waals surface area contributed by atoms with Gasteiger partial charge in [0.15, 0.2) is 0 Å². The Morgan fingerprint density at radius 1 is 1.46 bits per heavy atom. The average molecular weight is 196 g/mol. The molecule has 0 bridgehead atoms. The molecular weight excluding hydrogens is 188 g/mol. The van der Waals surface area contributed by atoms with Crippen LogP contribution in [-0.4, -0.2) is 8.76 Å². The van der Waals surface area contributed by atoms with E-state index < -0.39 is 11.3 Å². The second-order valence-electron chi connectivity index (χ2n) is 2.38. The lowest BCUT2D eigenvalue weighted by molar-refractivity contribution is 0.548. The van der Waals surface area contributed by atoms with E-state index in [1.54, 1.807) is 24.3 Å². The second kappa shape index (κ2) is 4.72. The Morgan fingerprint density at radius 2 is 2.08 bits per heavy atom. The van der Waals surface area contributed by atoms with Gasteiger partial charge < -0.3 is 0 Å². The number of nitriles is 1. The minimum atomic E-state index is -1.99. The van der Waals surface area contributed by atoms with E-state index in [2.05, 4.69) is 4.72 Å². The van der Waals surface area contributed by atoms with E-state index in [1.807, 2.05) is 6.07 Å². The second-order valence-corrected chi connectivity index (χ2v) is 3.17. The predicted molar refractivity (Wildman–Crippen MR) is 48.8 cm³/mol. The summed E-state index contributed by atoms with van der Waals surface area (Å²) in [6.07, 6.45) is 0. The molecule has 0 fully saturated rings. The summed E-state index contributed by atoms with van der Waals surface area (Å²) in [5.41, 5.74) is 1.44. The molecule has 0 saturated carbocycles. The highest BCUT2D eigenvalue weighted by Gasteiger charge is 1.95. The van der Waals surface area contributed by atoms with Gasteiger partial charge in [-0.1, -0.05) is 12.1 Å². The number of hydrogen-bond donors (Lipinski definition) is 2. The Balaban J connectivity index is 2.60. The van der Waals surface area contributed by atoms with Crippen molar-refractivity contribution in [2.75, 3.05) is 0 Å². The third-order valence-electron chi connectivity index (χ3n) is 1.48. The van der Waals surface area contributed by atoms with Crippen molar-refractivity contribution in [3.05, 3.63) is 35.4 Å². The summed E-state index contributed by atoms with van der Waals surface area (Å²) in [5, 5.41) is 8.49. The molecule has 0 saturated heterocycles. The fourth-order valence-corrected chi connectivity index (χ4v) is 1.13. The van der Waals surface area contributed by atoms with Gasteiger partial charge in [-0.15, -0.1) is 0 Å². The Kier molecular flexibility index (Phi) is 3.58. The molecule has 0 amide bonds. The van der Waals surface area contributed by atoms with Crippen molar-refractivity contribution in [3.63, 3.8) is 0 Å². The van der Waals surface area contributed by atoms with Crippen LogP contribution in [0, 0.1) is 11.3 Å². The standard InChI is InChI=1S/C8H8N2O2S/c9-5-7-1-3-8(4-2-7)6-10-13(11)12/h1-4,10H,6H2,(H,11,12). The first kappa shape index (κ1) is 9.86. The van der Waals surface area contributed by atoms with Crippen LogP contribution in [0.2, 0.25) is 0 Å². The van der Waals surface area contributed by atoms with Gasteiger partial charge in [0.25, 0.3) is 0 Å². The molecule has 5 heteroatoms. The first-order chi connectivity index (χ1) is 6.22. The van der Waals surface area contributed by atoms with E-state index >= 15 is 0 Å². The molecule has 13 heavy (non-hydrogen) atoms. The fraction of sp³-hybridized carbons (Fsp3) is 0.125. The molecule has 0 spiro atoms. The number of benzene rings is 1. The molecule has 0 aliphatic carbocycles. The van der Waals surface area contributed by atoms with Crippen molar-refractivity contribution >= 4 is 11.3 Å². The van der Waals surface area contributed by atoms with Gasteiger partial charge in [-0.3, -0.25) is 4.55 Å². The van der Waals surface area contributed by atoms with Crippen molar-refractivity contribution in [1.29, 1.82) is 5.26 Å². The molecule has 2 N–H and O–H groups in total. The monoisotopic (exact) mass is 196 g/mol. The maximum Gasteiger partial charge on any atom is 0.232 e. The van der Waals surface area contributed by atoms with Gasteiger partial charge in [-0.25, -0.2) is 8.93 Å². The first-order valence-electron chi connectivity index (χ1n) is 3.56. The van der Waals surface area contributed by atoms with Gasteiger partial charge in [0.1, 0.15) is 0 Å². The van der Waals surface area contributed by atoms with E-state index in [1.165, 1.54) is 0 Å². The molecule has 0 heterocycles. The fourth-order valence-electron chi connectivity index (χ4n) is 0.842. The number of nitrogens with one attached hydrogen (secondary N) is 1. The minimum absolute atomic E-state index is 0.314. The maximum absolute atomic E-state index is 10.2. The molecule has 1 aromatic carbocycles. The SMILES string of the molecule is N#Cc1ccc(CNS(=O)O)cc1. The van der Waals surface area contributed by atoms with E-state index in [0.29, 0.717) is 12.1 Å². The molecule has 0 aromatic heterocycles. The molecule has 68 valence electrons. The van der Waals surface area contributed by atoms with Gasteiger partial charge in [0, 0.05) is 6.54 Å². The van der Waals surface area contributed by atoms with Crippen molar-refractivity contribution in [1.82, 2.24) is 4.72 Å². The highest BCUT2D eigenvalue weighted by atomic mass is 32.2. The van der Waals surface area contributed by atoms with Gasteiger partial charge in [-0.2, -0.15) is 5.26 Å². The normalized spacial score (nSPS) is 12.0. The topological polar surface area (TPSA) is 73.1 Å². The van der Waals surface area contributed by atoms with Gasteiger partial charge in [-0.05, 0) is 17.7 Å². The van der Waals surface area contributed by atoms with Crippen molar-refractivity contribution < 1.29 is 8.76 Å². The lowest BCUT2D eigenvalue weighted by Gasteiger charge is -1.99. The van der Waals surface area contributed by atoms with Crippen LogP contribution in [0.1, 0.15) is 11.1 Å². The van der Waals surface area contributed by atoms with Crippen molar-refractivity contribution in [2.45, 2.75) is 6.54 Å². The number of nitrogens with zero attached hydrogens (tertiary/aromatic N) is 1. The van der Waals surface area contributed by atoms with Gasteiger partial charge in [0.2, 0.25) is 11.3 Å². The molecule has 0 radical (unpaired) electrons. The van der Waals surface area contributed by atoms with Crippen molar-refractivity contribution in [3.8, 4) is 6.07 Å². The average Bonchev–Trinajstić information content (AvgIpc) is 2.15. The summed E-state index contributed by atoms with van der Waals surface area (Å²) in [4.78, 5) is 0. The number of hydrogen-bond acceptors (Lipinski definition) is 2. The van der Waals surface area contributed by atoms with Gasteiger partial charge in [0.05, 0.1) is 11.6 Å². The zero-order valence-electron chi connectivity index (χ0n) is 6.73. The Hall–Kier alpha value is -1.22. The lowest BCUT2D eigenvalue weighted by atomic mass is 10.1. The van der Waals surface area contributed by atoms with Crippen LogP contribution in [0.4, 0.5) is 0 Å². The largest absolute Gasteiger partial charge is 0.294 e. The highest BCUT2D eigenvalue weighted by molar-refractivity contribution is 7.77. The number of rotatable bonds is 3. The van der Waals surface area contributed by atoms with Crippen LogP contribution in [0.3, 0.4) is 0 Å². The molecule has 0 aliphatic heterocycles. The summed E-state index contributed by atoms with van der Waals surface area (Å²) in [6, 6.07) is 8.79. The Morgan fingerprint density at radius 3 is 2.54 bits per heavy atom. The molecule has 1 rings (SSSR count). The lowest BCUT2D eigenvalue weighted by Crippen LogP contribution is -2.15. The zero-order chi connectivity index (χ0) is 9.68. The highest BCUT2D eigenvalue weighted by Crippen LogP contribution is 2.02. The minimum Gasteiger partial charge on any atom is -0.294 e. The van der Waals surface area contributed by atoms with Crippen molar-refractivity contribution in [2.24, 2.45) is 0 Å². The molecule has 1 atom stereocenters. The molecule has 4 nitrogen and oxygen atoms in total. The Labute approximate surface area is 78.6 Å². The first-order valence-corrected chi connectivity index (χ1v) is 4.66. The molecule has 0 aliphatic rings. The smallest absolute Gasteiger partial charge is 0.232 e. The maximum atomic E-state index is 10.2. The molecule has 1 aromatic rings. The quantitative estimate of drug-likeness (QED) is 0.702. The van der Waals surface area contributed by atoms with E-state index in [0.717, 1.165) is 5.56 Å². The van der Waals surface area contributed by atoms with Crippen LogP contribution in [0.25, 0.3) is 0 Å². The molecular formula is C8H8N2O2S. The van der Waals surface area contributed by atoms with Gasteiger partial charge >= 0.3 is 0 Å². The van der Waals surface area contributed by atoms with Crippen LogP contribution >= 0.6 is 0 Å². The summed E-state index contributed by atoms with van der Waals surface area (Å²) in [5.74, 6) is 0. The van der Waals surface area contributed by atoms with E-state index in [9.17, 15) is 4.21 Å². The van der Waals surface area contributed by atoms with E-state index in [4.69, 9.17) is 9.81 Å². The molecule has 1 unspecified atom stereocenters. The summed E-state index contributed by atoms with van der Waals surface area (Å²) in [6.45, 7) is 0.314. The third kappa shape index (κ3) is 3.34. The van der Waals surface area contributed by atoms with Crippen LogP contribution < -0.4 is 4.72 Å².